The Balaban J connectivity index is 1.40. The molecule has 0 radical (unpaired) electrons. The van der Waals surface area contributed by atoms with Gasteiger partial charge in [0.2, 0.25) is 11.8 Å². The number of piperazine rings is 1. The van der Waals surface area contributed by atoms with Crippen molar-refractivity contribution in [1.82, 2.24) is 24.5 Å². The van der Waals surface area contributed by atoms with Crippen LogP contribution in [0.25, 0.3) is 28.1 Å². The molecule has 1 fully saturated rings. The molecular weight excluding hydrogens is 464 g/mol. The average molecular weight is 487 g/mol. The van der Waals surface area contributed by atoms with Crippen LogP contribution in [0.1, 0.15) is 22.8 Å². The smallest absolute Gasteiger partial charge is 0.254 e. The van der Waals surface area contributed by atoms with E-state index in [1.165, 1.54) is 0 Å². The minimum absolute atomic E-state index is 0.0204. The second-order valence-corrected chi connectivity index (χ2v) is 9.33. The Labute approximate surface area is 206 Å². The maximum Gasteiger partial charge on any atom is 0.254 e. The first kappa shape index (κ1) is 21.6. The summed E-state index contributed by atoms with van der Waals surface area (Å²) in [5.41, 5.74) is 3.26. The number of fused-ring (bicyclic) bond motifs is 3. The number of hydrogen-bond donors (Lipinski definition) is 0. The van der Waals surface area contributed by atoms with E-state index in [9.17, 15) is 4.79 Å². The van der Waals surface area contributed by atoms with Gasteiger partial charge in [0.15, 0.2) is 11.4 Å². The third-order valence-corrected chi connectivity index (χ3v) is 6.73. The largest absolute Gasteiger partial charge is 0.461 e. The maximum atomic E-state index is 13.2. The molecular formula is C26H23ClN6O2. The van der Waals surface area contributed by atoms with Crippen molar-refractivity contribution in [2.75, 3.05) is 24.5 Å². The van der Waals surface area contributed by atoms with Crippen molar-refractivity contribution in [3.8, 4) is 11.6 Å². The van der Waals surface area contributed by atoms with E-state index in [-0.39, 0.29) is 11.9 Å². The lowest BCUT2D eigenvalue weighted by molar-refractivity contribution is 0.0673. The van der Waals surface area contributed by atoms with Gasteiger partial charge >= 0.3 is 0 Å². The zero-order chi connectivity index (χ0) is 24.1. The number of furan rings is 1. The van der Waals surface area contributed by atoms with E-state index >= 15 is 0 Å². The van der Waals surface area contributed by atoms with E-state index in [0.29, 0.717) is 53.4 Å². The SMILES string of the molecule is Cc1ccc(C(=O)N2CCN(c3nc4cc(Cl)ccc4c4nnc(-c5ccco5)n34)CC2C)cc1. The Morgan fingerprint density at radius 1 is 1.09 bits per heavy atom. The van der Waals surface area contributed by atoms with Crippen molar-refractivity contribution < 1.29 is 9.21 Å². The number of hydrogen-bond acceptors (Lipinski definition) is 6. The molecule has 0 aliphatic carbocycles. The summed E-state index contributed by atoms with van der Waals surface area (Å²) in [5, 5.41) is 10.4. The predicted octanol–water partition coefficient (Wildman–Crippen LogP) is 4.85. The number of carbonyl (C=O) groups excluding carboxylic acids is 1. The van der Waals surface area contributed by atoms with Crippen LogP contribution in [-0.2, 0) is 0 Å². The minimum Gasteiger partial charge on any atom is -0.461 e. The van der Waals surface area contributed by atoms with Gasteiger partial charge in [-0.05, 0) is 56.3 Å². The summed E-state index contributed by atoms with van der Waals surface area (Å²) in [6.45, 7) is 5.88. The fourth-order valence-electron chi connectivity index (χ4n) is 4.67. The number of benzene rings is 2. The molecule has 0 N–H and O–H groups in total. The van der Waals surface area contributed by atoms with Crippen LogP contribution in [0.3, 0.4) is 0 Å². The summed E-state index contributed by atoms with van der Waals surface area (Å²) in [4.78, 5) is 22.3. The van der Waals surface area contributed by atoms with Crippen molar-refractivity contribution in [2.45, 2.75) is 19.9 Å². The summed E-state index contributed by atoms with van der Waals surface area (Å²) < 4.78 is 7.57. The molecule has 4 heterocycles. The van der Waals surface area contributed by atoms with Gasteiger partial charge in [0.25, 0.3) is 5.91 Å². The predicted molar refractivity (Wildman–Crippen MR) is 135 cm³/mol. The molecule has 1 amide bonds. The summed E-state index contributed by atoms with van der Waals surface area (Å²) >= 11 is 6.28. The summed E-state index contributed by atoms with van der Waals surface area (Å²) in [6.07, 6.45) is 1.61. The quantitative estimate of drug-likeness (QED) is 0.362. The molecule has 35 heavy (non-hydrogen) atoms. The Morgan fingerprint density at radius 3 is 2.66 bits per heavy atom. The van der Waals surface area contributed by atoms with Gasteiger partial charge in [0, 0.05) is 41.6 Å². The van der Waals surface area contributed by atoms with Gasteiger partial charge in [-0.25, -0.2) is 9.38 Å². The second kappa shape index (κ2) is 8.39. The molecule has 1 saturated heterocycles. The van der Waals surface area contributed by atoms with Gasteiger partial charge in [-0.15, -0.1) is 10.2 Å². The lowest BCUT2D eigenvalue weighted by Gasteiger charge is -2.40. The van der Waals surface area contributed by atoms with Crippen molar-refractivity contribution in [2.24, 2.45) is 0 Å². The number of anilines is 1. The molecule has 8 nitrogen and oxygen atoms in total. The minimum atomic E-state index is -0.0204. The van der Waals surface area contributed by atoms with E-state index in [0.717, 1.165) is 16.5 Å². The standard InChI is InChI=1S/C26H23ClN6O2/c1-16-5-7-18(8-6-16)25(34)32-12-11-31(15-17(32)2)26-28-21-14-19(27)9-10-20(21)23-29-30-24(33(23)26)22-4-3-13-35-22/h3-10,13-14,17H,11-12,15H2,1-2H3. The van der Waals surface area contributed by atoms with Crippen molar-refractivity contribution in [3.05, 3.63) is 77.0 Å². The molecule has 1 atom stereocenters. The fraction of sp³-hybridized carbons (Fsp3) is 0.231. The van der Waals surface area contributed by atoms with Crippen LogP contribution in [0.5, 0.6) is 0 Å². The first-order valence-electron chi connectivity index (χ1n) is 11.5. The van der Waals surface area contributed by atoms with Gasteiger partial charge < -0.3 is 14.2 Å². The van der Waals surface area contributed by atoms with E-state index in [4.69, 9.17) is 21.0 Å². The highest BCUT2D eigenvalue weighted by atomic mass is 35.5. The molecule has 176 valence electrons. The lowest BCUT2D eigenvalue weighted by Crippen LogP contribution is -2.54. The van der Waals surface area contributed by atoms with Gasteiger partial charge in [0.05, 0.1) is 11.8 Å². The second-order valence-electron chi connectivity index (χ2n) is 8.89. The van der Waals surface area contributed by atoms with E-state index < -0.39 is 0 Å². The molecule has 6 rings (SSSR count). The topological polar surface area (TPSA) is 79.8 Å². The van der Waals surface area contributed by atoms with Crippen LogP contribution in [0.2, 0.25) is 5.02 Å². The lowest BCUT2D eigenvalue weighted by atomic mass is 10.1. The summed E-state index contributed by atoms with van der Waals surface area (Å²) in [5.74, 6) is 1.92. The Bertz CT molecular complexity index is 1540. The van der Waals surface area contributed by atoms with Crippen LogP contribution >= 0.6 is 11.6 Å². The highest BCUT2D eigenvalue weighted by Crippen LogP contribution is 2.31. The molecule has 0 saturated carbocycles. The number of nitrogens with zero attached hydrogens (tertiary/aromatic N) is 6. The van der Waals surface area contributed by atoms with Crippen molar-refractivity contribution >= 4 is 40.0 Å². The van der Waals surface area contributed by atoms with Gasteiger partial charge in [-0.3, -0.25) is 4.79 Å². The normalized spacial score (nSPS) is 16.4. The Morgan fingerprint density at radius 2 is 1.91 bits per heavy atom. The molecule has 5 aromatic rings. The molecule has 9 heteroatoms. The van der Waals surface area contributed by atoms with Gasteiger partial charge in [0.1, 0.15) is 0 Å². The van der Waals surface area contributed by atoms with Crippen LogP contribution in [0, 0.1) is 6.92 Å². The third kappa shape index (κ3) is 3.70. The number of halogens is 1. The number of rotatable bonds is 3. The first-order chi connectivity index (χ1) is 17.0. The van der Waals surface area contributed by atoms with Crippen LogP contribution in [-0.4, -0.2) is 56.1 Å². The van der Waals surface area contributed by atoms with E-state index in [2.05, 4.69) is 22.0 Å². The highest BCUT2D eigenvalue weighted by molar-refractivity contribution is 6.31. The molecule has 1 unspecified atom stereocenters. The summed E-state index contributed by atoms with van der Waals surface area (Å²) in [6, 6.07) is 16.9. The molecule has 2 aromatic carbocycles. The fourth-order valence-corrected chi connectivity index (χ4v) is 4.84. The van der Waals surface area contributed by atoms with E-state index in [1.807, 2.05) is 70.8 Å². The molecule has 3 aromatic heterocycles. The maximum absolute atomic E-state index is 13.2. The summed E-state index contributed by atoms with van der Waals surface area (Å²) in [7, 11) is 0. The van der Waals surface area contributed by atoms with Crippen LogP contribution in [0.4, 0.5) is 5.95 Å². The Kier molecular flexibility index (Phi) is 5.18. The zero-order valence-electron chi connectivity index (χ0n) is 19.3. The Hall–Kier alpha value is -3.91. The van der Waals surface area contributed by atoms with Gasteiger partial charge in [-0.1, -0.05) is 29.3 Å². The first-order valence-corrected chi connectivity index (χ1v) is 11.9. The zero-order valence-corrected chi connectivity index (χ0v) is 20.1. The van der Waals surface area contributed by atoms with Crippen molar-refractivity contribution in [3.63, 3.8) is 0 Å². The van der Waals surface area contributed by atoms with Crippen molar-refractivity contribution in [1.29, 1.82) is 0 Å². The number of amides is 1. The average Bonchev–Trinajstić information content (AvgIpc) is 3.53. The highest BCUT2D eigenvalue weighted by Gasteiger charge is 2.31. The monoisotopic (exact) mass is 486 g/mol. The van der Waals surface area contributed by atoms with Crippen LogP contribution in [0.15, 0.2) is 65.3 Å². The number of aryl methyl sites for hydroxylation is 1. The molecule has 0 spiro atoms. The number of aromatic nitrogens is 4. The number of carbonyl (C=O) groups is 1. The molecule has 0 bridgehead atoms. The van der Waals surface area contributed by atoms with E-state index in [1.54, 1.807) is 6.26 Å². The molecule has 1 aliphatic rings. The van der Waals surface area contributed by atoms with Gasteiger partial charge in [-0.2, -0.15) is 0 Å². The third-order valence-electron chi connectivity index (χ3n) is 6.50. The molecule has 1 aliphatic heterocycles. The van der Waals surface area contributed by atoms with Crippen LogP contribution < -0.4 is 4.90 Å².